The van der Waals surface area contributed by atoms with Crippen LogP contribution in [0.3, 0.4) is 0 Å². The van der Waals surface area contributed by atoms with Gasteiger partial charge in [0.05, 0.1) is 6.61 Å². The van der Waals surface area contributed by atoms with Crippen molar-refractivity contribution in [1.82, 2.24) is 5.32 Å². The van der Waals surface area contributed by atoms with Crippen molar-refractivity contribution in [3.8, 4) is 0 Å². The molecule has 100 valence electrons. The summed E-state index contributed by atoms with van der Waals surface area (Å²) < 4.78 is 5.08. The average Bonchev–Trinajstić information content (AvgIpc) is 2.40. The summed E-state index contributed by atoms with van der Waals surface area (Å²) in [5, 5.41) is 2.73. The third-order valence-electron chi connectivity index (χ3n) is 2.74. The van der Waals surface area contributed by atoms with Gasteiger partial charge in [-0.15, -0.1) is 0 Å². The molecule has 18 heavy (non-hydrogen) atoms. The molecule has 3 heteroatoms. The Morgan fingerprint density at radius 2 is 1.94 bits per heavy atom. The third-order valence-corrected chi connectivity index (χ3v) is 2.74. The average molecular weight is 249 g/mol. The molecule has 0 aliphatic rings. The smallest absolute Gasteiger partial charge is 0.407 e. The molecule has 0 unspecified atom stereocenters. The van der Waals surface area contributed by atoms with Gasteiger partial charge >= 0.3 is 6.09 Å². The maximum Gasteiger partial charge on any atom is 0.407 e. The lowest BCUT2D eigenvalue weighted by Gasteiger charge is -2.06. The van der Waals surface area contributed by atoms with Gasteiger partial charge in [0.2, 0.25) is 0 Å². The Hall–Kier alpha value is -1.51. The summed E-state index contributed by atoms with van der Waals surface area (Å²) in [6.07, 6.45) is 4.80. The Morgan fingerprint density at radius 1 is 1.17 bits per heavy atom. The van der Waals surface area contributed by atoms with Gasteiger partial charge in [-0.25, -0.2) is 4.79 Å². The van der Waals surface area contributed by atoms with E-state index in [0.717, 1.165) is 32.1 Å². The summed E-state index contributed by atoms with van der Waals surface area (Å²) in [4.78, 5) is 11.2. The third kappa shape index (κ3) is 6.94. The van der Waals surface area contributed by atoms with Crippen molar-refractivity contribution < 1.29 is 9.53 Å². The number of alkyl carbamates (subject to hydrolysis) is 1. The Labute approximate surface area is 110 Å². The number of unbranched alkanes of at least 4 members (excludes halogenated alkanes) is 2. The van der Waals surface area contributed by atoms with Gasteiger partial charge in [0.15, 0.2) is 0 Å². The van der Waals surface area contributed by atoms with E-state index in [1.165, 1.54) is 5.56 Å². The van der Waals surface area contributed by atoms with Crippen LogP contribution in [0.2, 0.25) is 0 Å². The number of carbonyl (C=O) groups is 1. The minimum absolute atomic E-state index is 0.289. The van der Waals surface area contributed by atoms with E-state index < -0.39 is 0 Å². The quantitative estimate of drug-likeness (QED) is 0.716. The van der Waals surface area contributed by atoms with Gasteiger partial charge in [-0.2, -0.15) is 0 Å². The van der Waals surface area contributed by atoms with Crippen molar-refractivity contribution in [1.29, 1.82) is 0 Å². The molecule has 0 fully saturated rings. The minimum atomic E-state index is -0.289. The predicted octanol–water partition coefficient (Wildman–Crippen LogP) is 3.54. The summed E-state index contributed by atoms with van der Waals surface area (Å²) in [6.45, 7) is 3.31. The largest absolute Gasteiger partial charge is 0.450 e. The number of amides is 1. The van der Waals surface area contributed by atoms with Crippen LogP contribution in [0.15, 0.2) is 30.3 Å². The molecule has 0 aliphatic heterocycles. The van der Waals surface area contributed by atoms with Crippen LogP contribution in [0.1, 0.15) is 38.2 Å². The van der Waals surface area contributed by atoms with Crippen LogP contribution in [0, 0.1) is 0 Å². The lowest BCUT2D eigenvalue weighted by atomic mass is 10.1. The summed E-state index contributed by atoms with van der Waals surface area (Å²) in [6, 6.07) is 10.4. The zero-order chi connectivity index (χ0) is 13.1. The van der Waals surface area contributed by atoms with Crippen LogP contribution < -0.4 is 5.32 Å². The predicted molar refractivity (Wildman–Crippen MR) is 73.6 cm³/mol. The van der Waals surface area contributed by atoms with Crippen molar-refractivity contribution in [3.63, 3.8) is 0 Å². The number of hydrogen-bond donors (Lipinski definition) is 1. The van der Waals surface area contributed by atoms with E-state index in [1.807, 2.05) is 18.2 Å². The van der Waals surface area contributed by atoms with Gasteiger partial charge in [0.25, 0.3) is 0 Å². The highest BCUT2D eigenvalue weighted by molar-refractivity contribution is 5.66. The molecule has 0 saturated carbocycles. The van der Waals surface area contributed by atoms with Crippen molar-refractivity contribution in [2.75, 3.05) is 13.2 Å². The first kappa shape index (κ1) is 14.6. The molecule has 0 atom stereocenters. The lowest BCUT2D eigenvalue weighted by Crippen LogP contribution is -2.25. The number of carbonyl (C=O) groups excluding carboxylic acids is 1. The zero-order valence-electron chi connectivity index (χ0n) is 11.2. The van der Waals surface area contributed by atoms with Crippen molar-refractivity contribution in [2.45, 2.75) is 39.0 Å². The van der Waals surface area contributed by atoms with Gasteiger partial charge in [-0.3, -0.25) is 0 Å². The molecule has 1 amide bonds. The highest BCUT2D eigenvalue weighted by Crippen LogP contribution is 2.04. The van der Waals surface area contributed by atoms with Crippen molar-refractivity contribution in [3.05, 3.63) is 35.9 Å². The summed E-state index contributed by atoms with van der Waals surface area (Å²) in [5.41, 5.74) is 1.34. The molecule has 3 nitrogen and oxygen atoms in total. The molecule has 0 saturated heterocycles. The van der Waals surface area contributed by atoms with E-state index in [9.17, 15) is 4.79 Å². The van der Waals surface area contributed by atoms with Gasteiger partial charge in [0, 0.05) is 6.54 Å². The Morgan fingerprint density at radius 3 is 2.67 bits per heavy atom. The van der Waals surface area contributed by atoms with Crippen LogP contribution in [0.4, 0.5) is 4.79 Å². The van der Waals surface area contributed by atoms with Crippen molar-refractivity contribution in [2.24, 2.45) is 0 Å². The molecule has 1 aromatic rings. The monoisotopic (exact) mass is 249 g/mol. The summed E-state index contributed by atoms with van der Waals surface area (Å²) in [7, 11) is 0. The number of rotatable bonds is 8. The molecule has 0 aliphatic carbocycles. The first-order valence-corrected chi connectivity index (χ1v) is 6.77. The SMILES string of the molecule is CCCCNC(=O)OCCCCc1ccccc1. The van der Waals surface area contributed by atoms with E-state index >= 15 is 0 Å². The second kappa shape index (κ2) is 9.51. The van der Waals surface area contributed by atoms with Crippen LogP contribution in [0.25, 0.3) is 0 Å². The van der Waals surface area contributed by atoms with E-state index in [-0.39, 0.29) is 6.09 Å². The highest BCUT2D eigenvalue weighted by atomic mass is 16.5. The molecule has 1 rings (SSSR count). The molecule has 0 heterocycles. The first-order chi connectivity index (χ1) is 8.83. The zero-order valence-corrected chi connectivity index (χ0v) is 11.2. The molecular weight excluding hydrogens is 226 g/mol. The maximum absolute atomic E-state index is 11.2. The second-order valence-electron chi connectivity index (χ2n) is 4.36. The maximum atomic E-state index is 11.2. The Bertz CT molecular complexity index is 325. The standard InChI is InChI=1S/C15H23NO2/c1-2-3-12-16-15(17)18-13-8-7-11-14-9-5-4-6-10-14/h4-6,9-10H,2-3,7-8,11-13H2,1H3,(H,16,17). The number of hydrogen-bond acceptors (Lipinski definition) is 2. The van der Waals surface area contributed by atoms with Gasteiger partial charge in [-0.05, 0) is 31.2 Å². The first-order valence-electron chi connectivity index (χ1n) is 6.77. The Balaban J connectivity index is 1.97. The normalized spacial score (nSPS) is 10.1. The van der Waals surface area contributed by atoms with Crippen molar-refractivity contribution >= 4 is 6.09 Å². The number of ether oxygens (including phenoxy) is 1. The van der Waals surface area contributed by atoms with Gasteiger partial charge in [-0.1, -0.05) is 43.7 Å². The fraction of sp³-hybridized carbons (Fsp3) is 0.533. The lowest BCUT2D eigenvalue weighted by molar-refractivity contribution is 0.144. The van der Waals surface area contributed by atoms with E-state index in [4.69, 9.17) is 4.74 Å². The molecule has 0 radical (unpaired) electrons. The van der Waals surface area contributed by atoms with Crippen LogP contribution in [-0.4, -0.2) is 19.2 Å². The minimum Gasteiger partial charge on any atom is -0.450 e. The molecule has 1 N–H and O–H groups in total. The van der Waals surface area contributed by atoms with E-state index in [0.29, 0.717) is 13.2 Å². The topological polar surface area (TPSA) is 38.3 Å². The number of aryl methyl sites for hydroxylation is 1. The summed E-state index contributed by atoms with van der Waals surface area (Å²) in [5.74, 6) is 0. The Kier molecular flexibility index (Phi) is 7.69. The van der Waals surface area contributed by atoms with Gasteiger partial charge in [0.1, 0.15) is 0 Å². The number of benzene rings is 1. The molecular formula is C15H23NO2. The fourth-order valence-electron chi connectivity index (χ4n) is 1.66. The number of nitrogens with one attached hydrogen (secondary N) is 1. The molecule has 0 bridgehead atoms. The van der Waals surface area contributed by atoms with E-state index in [2.05, 4.69) is 24.4 Å². The van der Waals surface area contributed by atoms with Gasteiger partial charge < -0.3 is 10.1 Å². The summed E-state index contributed by atoms with van der Waals surface area (Å²) >= 11 is 0. The van der Waals surface area contributed by atoms with E-state index in [1.54, 1.807) is 0 Å². The molecule has 1 aromatic carbocycles. The fourth-order valence-corrected chi connectivity index (χ4v) is 1.66. The van der Waals surface area contributed by atoms with Crippen LogP contribution in [0.5, 0.6) is 0 Å². The molecule has 0 spiro atoms. The molecule has 0 aromatic heterocycles. The van der Waals surface area contributed by atoms with Crippen LogP contribution in [-0.2, 0) is 11.2 Å². The second-order valence-corrected chi connectivity index (χ2v) is 4.36. The van der Waals surface area contributed by atoms with Crippen LogP contribution >= 0.6 is 0 Å². The highest BCUT2D eigenvalue weighted by Gasteiger charge is 2.00.